The van der Waals surface area contributed by atoms with Crippen molar-refractivity contribution in [3.63, 3.8) is 0 Å². The number of halogens is 1. The molecule has 100 valence electrons. The number of amides is 1. The van der Waals surface area contributed by atoms with Gasteiger partial charge < -0.3 is 15.2 Å². The number of nitrogens with one attached hydrogen (secondary N) is 1. The summed E-state index contributed by atoms with van der Waals surface area (Å²) in [7, 11) is 0. The molecule has 0 saturated heterocycles. The van der Waals surface area contributed by atoms with Crippen molar-refractivity contribution in [2.75, 3.05) is 6.54 Å². The van der Waals surface area contributed by atoms with E-state index in [1.54, 1.807) is 38.1 Å². The maximum absolute atomic E-state index is 11.7. The van der Waals surface area contributed by atoms with Gasteiger partial charge in [0.05, 0.1) is 6.10 Å². The SMILES string of the molecule is CC(O)CCNC(=O)C(C)Oc1ccc(Cl)cc1. The van der Waals surface area contributed by atoms with Gasteiger partial charge in [0.2, 0.25) is 0 Å². The predicted octanol–water partition coefficient (Wildman–Crippen LogP) is 1.99. The Hall–Kier alpha value is -1.26. The lowest BCUT2D eigenvalue weighted by Gasteiger charge is -2.15. The molecule has 0 aromatic heterocycles. The van der Waals surface area contributed by atoms with Crippen LogP contribution in [-0.4, -0.2) is 29.8 Å². The Kier molecular flexibility index (Phi) is 5.95. The first kappa shape index (κ1) is 14.8. The van der Waals surface area contributed by atoms with E-state index in [1.165, 1.54) is 0 Å². The second-order valence-corrected chi connectivity index (χ2v) is 4.58. The van der Waals surface area contributed by atoms with Gasteiger partial charge in [-0.3, -0.25) is 4.79 Å². The average molecular weight is 272 g/mol. The van der Waals surface area contributed by atoms with Crippen molar-refractivity contribution < 1.29 is 14.6 Å². The van der Waals surface area contributed by atoms with Gasteiger partial charge in [-0.15, -0.1) is 0 Å². The lowest BCUT2D eigenvalue weighted by atomic mass is 10.3. The third-order valence-electron chi connectivity index (χ3n) is 2.36. The van der Waals surface area contributed by atoms with Crippen LogP contribution in [0.4, 0.5) is 0 Å². The van der Waals surface area contributed by atoms with Crippen LogP contribution in [0.1, 0.15) is 20.3 Å². The summed E-state index contributed by atoms with van der Waals surface area (Å²) in [6.07, 6.45) is -0.475. The third kappa shape index (κ3) is 5.38. The highest BCUT2D eigenvalue weighted by molar-refractivity contribution is 6.30. The fourth-order valence-electron chi connectivity index (χ4n) is 1.32. The largest absolute Gasteiger partial charge is 0.481 e. The molecule has 1 rings (SSSR count). The Labute approximate surface area is 112 Å². The van der Waals surface area contributed by atoms with Crippen molar-refractivity contribution in [3.8, 4) is 5.75 Å². The second kappa shape index (κ2) is 7.24. The molecule has 0 saturated carbocycles. The zero-order chi connectivity index (χ0) is 13.5. The van der Waals surface area contributed by atoms with E-state index in [-0.39, 0.29) is 5.91 Å². The summed E-state index contributed by atoms with van der Waals surface area (Å²) < 4.78 is 5.46. The minimum atomic E-state index is -0.583. The number of carbonyl (C=O) groups is 1. The van der Waals surface area contributed by atoms with E-state index < -0.39 is 12.2 Å². The van der Waals surface area contributed by atoms with Gasteiger partial charge in [-0.2, -0.15) is 0 Å². The maximum atomic E-state index is 11.7. The van der Waals surface area contributed by atoms with Gasteiger partial charge in [0.25, 0.3) is 5.91 Å². The van der Waals surface area contributed by atoms with Crippen LogP contribution in [0.2, 0.25) is 5.02 Å². The minimum absolute atomic E-state index is 0.203. The van der Waals surface area contributed by atoms with E-state index in [0.29, 0.717) is 23.7 Å². The van der Waals surface area contributed by atoms with Gasteiger partial charge in [0.15, 0.2) is 6.10 Å². The molecule has 1 amide bonds. The molecule has 5 heteroatoms. The summed E-state index contributed by atoms with van der Waals surface area (Å²) >= 11 is 5.75. The van der Waals surface area contributed by atoms with Crippen LogP contribution in [0.3, 0.4) is 0 Å². The highest BCUT2D eigenvalue weighted by Crippen LogP contribution is 2.16. The summed E-state index contributed by atoms with van der Waals surface area (Å²) in [5.74, 6) is 0.392. The molecule has 0 radical (unpaired) electrons. The topological polar surface area (TPSA) is 58.6 Å². The Morgan fingerprint density at radius 2 is 2.00 bits per heavy atom. The Morgan fingerprint density at radius 3 is 2.56 bits per heavy atom. The Bertz CT molecular complexity index is 378. The van der Waals surface area contributed by atoms with E-state index in [2.05, 4.69) is 5.32 Å². The molecule has 0 fully saturated rings. The van der Waals surface area contributed by atoms with Gasteiger partial charge in [-0.1, -0.05) is 11.6 Å². The first-order valence-electron chi connectivity index (χ1n) is 5.87. The summed E-state index contributed by atoms with van der Waals surface area (Å²) in [6, 6.07) is 6.83. The highest BCUT2D eigenvalue weighted by atomic mass is 35.5. The van der Waals surface area contributed by atoms with Crippen molar-refractivity contribution in [2.45, 2.75) is 32.5 Å². The number of carbonyl (C=O) groups excluding carboxylic acids is 1. The highest BCUT2D eigenvalue weighted by Gasteiger charge is 2.14. The average Bonchev–Trinajstić information content (AvgIpc) is 2.31. The van der Waals surface area contributed by atoms with Crippen LogP contribution < -0.4 is 10.1 Å². The molecule has 2 N–H and O–H groups in total. The zero-order valence-corrected chi connectivity index (χ0v) is 11.3. The number of benzene rings is 1. The van der Waals surface area contributed by atoms with Crippen LogP contribution in [0.25, 0.3) is 0 Å². The van der Waals surface area contributed by atoms with Crippen molar-refractivity contribution in [1.29, 1.82) is 0 Å². The molecule has 2 unspecified atom stereocenters. The number of rotatable bonds is 6. The Balaban J connectivity index is 2.37. The minimum Gasteiger partial charge on any atom is -0.481 e. The molecule has 0 bridgehead atoms. The van der Waals surface area contributed by atoms with Crippen LogP contribution in [0, 0.1) is 0 Å². The van der Waals surface area contributed by atoms with Crippen molar-refractivity contribution in [3.05, 3.63) is 29.3 Å². The molecule has 0 aliphatic heterocycles. The van der Waals surface area contributed by atoms with Crippen molar-refractivity contribution >= 4 is 17.5 Å². The fourth-order valence-corrected chi connectivity index (χ4v) is 1.44. The Morgan fingerprint density at radius 1 is 1.39 bits per heavy atom. The normalized spacial score (nSPS) is 13.8. The van der Waals surface area contributed by atoms with E-state index in [9.17, 15) is 4.79 Å². The summed E-state index contributed by atoms with van der Waals surface area (Å²) in [6.45, 7) is 3.79. The number of ether oxygens (including phenoxy) is 1. The van der Waals surface area contributed by atoms with Gasteiger partial charge >= 0.3 is 0 Å². The molecule has 0 aliphatic rings. The molecule has 1 aromatic carbocycles. The smallest absolute Gasteiger partial charge is 0.260 e. The van der Waals surface area contributed by atoms with E-state index in [1.807, 2.05) is 0 Å². The first-order chi connectivity index (χ1) is 8.49. The summed E-state index contributed by atoms with van der Waals surface area (Å²) in [4.78, 5) is 11.7. The van der Waals surface area contributed by atoms with Crippen LogP contribution in [-0.2, 0) is 4.79 Å². The molecule has 4 nitrogen and oxygen atoms in total. The fraction of sp³-hybridized carbons (Fsp3) is 0.462. The van der Waals surface area contributed by atoms with Crippen LogP contribution in [0.15, 0.2) is 24.3 Å². The summed E-state index contributed by atoms with van der Waals surface area (Å²) in [5, 5.41) is 12.4. The number of hydrogen-bond acceptors (Lipinski definition) is 3. The van der Waals surface area contributed by atoms with E-state index >= 15 is 0 Å². The van der Waals surface area contributed by atoms with Gasteiger partial charge in [0.1, 0.15) is 5.75 Å². The second-order valence-electron chi connectivity index (χ2n) is 4.14. The third-order valence-corrected chi connectivity index (χ3v) is 2.61. The number of aliphatic hydroxyl groups is 1. The van der Waals surface area contributed by atoms with Crippen molar-refractivity contribution in [1.82, 2.24) is 5.32 Å². The zero-order valence-electron chi connectivity index (χ0n) is 10.5. The maximum Gasteiger partial charge on any atom is 0.260 e. The molecule has 0 aliphatic carbocycles. The first-order valence-corrected chi connectivity index (χ1v) is 6.25. The van der Waals surface area contributed by atoms with Gasteiger partial charge in [-0.05, 0) is 44.5 Å². The van der Waals surface area contributed by atoms with E-state index in [0.717, 1.165) is 0 Å². The van der Waals surface area contributed by atoms with Crippen LogP contribution >= 0.6 is 11.6 Å². The summed E-state index contributed by atoms with van der Waals surface area (Å²) in [5.41, 5.74) is 0. The van der Waals surface area contributed by atoms with Crippen LogP contribution in [0.5, 0.6) is 5.75 Å². The quantitative estimate of drug-likeness (QED) is 0.832. The number of hydrogen-bond donors (Lipinski definition) is 2. The molecule has 0 spiro atoms. The lowest BCUT2D eigenvalue weighted by molar-refractivity contribution is -0.127. The van der Waals surface area contributed by atoms with E-state index in [4.69, 9.17) is 21.4 Å². The van der Waals surface area contributed by atoms with Crippen molar-refractivity contribution in [2.24, 2.45) is 0 Å². The molecular formula is C13H18ClNO3. The lowest BCUT2D eigenvalue weighted by Crippen LogP contribution is -2.37. The number of aliphatic hydroxyl groups excluding tert-OH is 1. The monoisotopic (exact) mass is 271 g/mol. The molecule has 18 heavy (non-hydrogen) atoms. The standard InChI is InChI=1S/C13H18ClNO3/c1-9(16)7-8-15-13(17)10(2)18-12-5-3-11(14)4-6-12/h3-6,9-10,16H,7-8H2,1-2H3,(H,15,17). The molecule has 1 aromatic rings. The molecular weight excluding hydrogens is 254 g/mol. The van der Waals surface area contributed by atoms with Gasteiger partial charge in [0, 0.05) is 11.6 Å². The van der Waals surface area contributed by atoms with Gasteiger partial charge in [-0.25, -0.2) is 0 Å². The predicted molar refractivity (Wildman–Crippen MR) is 70.8 cm³/mol. The molecule has 2 atom stereocenters. The molecule has 0 heterocycles.